The molecule has 0 bridgehead atoms. The Morgan fingerprint density at radius 2 is 1.85 bits per heavy atom. The van der Waals surface area contributed by atoms with Gasteiger partial charge in [0.25, 0.3) is 5.91 Å². The highest BCUT2D eigenvalue weighted by molar-refractivity contribution is 5.94. The average molecular weight is 369 g/mol. The van der Waals surface area contributed by atoms with Gasteiger partial charge in [0.1, 0.15) is 31.0 Å². The summed E-state index contributed by atoms with van der Waals surface area (Å²) in [5.74, 6) is -0.208. The number of carbonyl (C=O) groups is 2. The molecule has 27 heavy (non-hydrogen) atoms. The van der Waals surface area contributed by atoms with Crippen LogP contribution in [0, 0.1) is 0 Å². The predicted molar refractivity (Wildman–Crippen MR) is 100 cm³/mol. The molecule has 1 amide bonds. The lowest BCUT2D eigenvalue weighted by atomic mass is 10.2. The molecule has 1 fully saturated rings. The molecule has 1 aromatic carbocycles. The first-order valence-corrected chi connectivity index (χ1v) is 8.85. The van der Waals surface area contributed by atoms with Gasteiger partial charge in [0, 0.05) is 32.2 Å². The van der Waals surface area contributed by atoms with E-state index in [1.165, 1.54) is 6.33 Å². The molecule has 8 nitrogen and oxygen atoms in total. The molecule has 0 saturated carbocycles. The normalized spacial score (nSPS) is 14.6. The van der Waals surface area contributed by atoms with E-state index in [1.807, 2.05) is 30.3 Å². The highest BCUT2D eigenvalue weighted by atomic mass is 16.5. The van der Waals surface area contributed by atoms with Crippen molar-refractivity contribution < 1.29 is 14.3 Å². The van der Waals surface area contributed by atoms with E-state index < -0.39 is 11.9 Å². The lowest BCUT2D eigenvalue weighted by Crippen LogP contribution is -2.45. The lowest BCUT2D eigenvalue weighted by Gasteiger charge is -2.33. The number of aromatic nitrogens is 2. The quantitative estimate of drug-likeness (QED) is 0.750. The molecule has 8 heteroatoms. The Balaban J connectivity index is 1.49. The molecule has 0 unspecified atom stereocenters. The molecule has 1 aliphatic heterocycles. The zero-order chi connectivity index (χ0) is 19.1. The van der Waals surface area contributed by atoms with Gasteiger partial charge in [0.05, 0.1) is 0 Å². The van der Waals surface area contributed by atoms with Crippen LogP contribution in [0.25, 0.3) is 0 Å². The molecule has 0 radical (unpaired) electrons. The van der Waals surface area contributed by atoms with E-state index in [9.17, 15) is 9.59 Å². The molecule has 142 valence electrons. The lowest BCUT2D eigenvalue weighted by molar-refractivity contribution is -0.143. The van der Waals surface area contributed by atoms with Crippen molar-refractivity contribution in [1.29, 1.82) is 0 Å². The van der Waals surface area contributed by atoms with Gasteiger partial charge in [0.15, 0.2) is 0 Å². The van der Waals surface area contributed by atoms with E-state index in [4.69, 9.17) is 4.74 Å². The van der Waals surface area contributed by atoms with Crippen LogP contribution < -0.4 is 10.2 Å². The predicted octanol–water partition coefficient (Wildman–Crippen LogP) is 0.702. The van der Waals surface area contributed by atoms with Crippen LogP contribution in [-0.4, -0.2) is 66.5 Å². The Morgan fingerprint density at radius 3 is 2.59 bits per heavy atom. The second-order valence-corrected chi connectivity index (χ2v) is 6.38. The van der Waals surface area contributed by atoms with E-state index in [1.54, 1.807) is 6.07 Å². The number of carbonyl (C=O) groups excluding carboxylic acids is 2. The Kier molecular flexibility index (Phi) is 6.32. The van der Waals surface area contributed by atoms with Gasteiger partial charge in [-0.05, 0) is 12.6 Å². The molecular formula is C19H23N5O3. The maximum atomic E-state index is 12.3. The van der Waals surface area contributed by atoms with Crippen molar-refractivity contribution in [2.24, 2.45) is 0 Å². The number of ether oxygens (including phenoxy) is 1. The summed E-state index contributed by atoms with van der Waals surface area (Å²) >= 11 is 0. The maximum absolute atomic E-state index is 12.3. The number of benzene rings is 1. The number of piperazine rings is 1. The number of esters is 1. The van der Waals surface area contributed by atoms with Crippen molar-refractivity contribution in [2.75, 3.05) is 44.7 Å². The number of likely N-dealkylation sites (N-methyl/N-ethyl adjacent to an activating group) is 1. The number of amides is 1. The molecule has 0 spiro atoms. The molecule has 2 heterocycles. The van der Waals surface area contributed by atoms with Gasteiger partial charge in [0.2, 0.25) is 0 Å². The Morgan fingerprint density at radius 1 is 1.11 bits per heavy atom. The highest BCUT2D eigenvalue weighted by Gasteiger charge is 2.17. The van der Waals surface area contributed by atoms with Crippen molar-refractivity contribution in [2.45, 2.75) is 6.61 Å². The van der Waals surface area contributed by atoms with Gasteiger partial charge >= 0.3 is 5.97 Å². The number of nitrogens with zero attached hydrogens (tertiary/aromatic N) is 4. The first kappa shape index (κ1) is 18.8. The highest BCUT2D eigenvalue weighted by Crippen LogP contribution is 2.13. The smallest absolute Gasteiger partial charge is 0.325 e. The summed E-state index contributed by atoms with van der Waals surface area (Å²) in [7, 11) is 2.08. The summed E-state index contributed by atoms with van der Waals surface area (Å²) in [6, 6.07) is 11.0. The number of rotatable bonds is 6. The fourth-order valence-electron chi connectivity index (χ4n) is 2.71. The third-order valence-corrected chi connectivity index (χ3v) is 4.35. The standard InChI is InChI=1S/C19H23N5O3/c1-23-7-9-24(10-8-23)17-11-16(21-14-22-17)19(26)20-12-18(25)27-13-15-5-3-2-4-6-15/h2-6,11,14H,7-10,12-13H2,1H3,(H,20,26). The second kappa shape index (κ2) is 9.09. The zero-order valence-corrected chi connectivity index (χ0v) is 15.3. The first-order valence-electron chi connectivity index (χ1n) is 8.85. The topological polar surface area (TPSA) is 87.7 Å². The van der Waals surface area contributed by atoms with E-state index >= 15 is 0 Å². The summed E-state index contributed by atoms with van der Waals surface area (Å²) in [6.07, 6.45) is 1.37. The van der Waals surface area contributed by atoms with Gasteiger partial charge in [-0.25, -0.2) is 9.97 Å². The monoisotopic (exact) mass is 369 g/mol. The van der Waals surface area contributed by atoms with Gasteiger partial charge in [-0.15, -0.1) is 0 Å². The van der Waals surface area contributed by atoms with Crippen molar-refractivity contribution in [3.8, 4) is 0 Å². The molecule has 2 aromatic rings. The van der Waals surface area contributed by atoms with E-state index in [0.717, 1.165) is 37.6 Å². The van der Waals surface area contributed by atoms with Crippen molar-refractivity contribution in [3.63, 3.8) is 0 Å². The minimum absolute atomic E-state index is 0.177. The number of nitrogens with one attached hydrogen (secondary N) is 1. The maximum Gasteiger partial charge on any atom is 0.325 e. The van der Waals surface area contributed by atoms with Crippen molar-refractivity contribution in [3.05, 3.63) is 54.0 Å². The SMILES string of the molecule is CN1CCN(c2cc(C(=O)NCC(=O)OCc3ccccc3)ncn2)CC1. The summed E-state index contributed by atoms with van der Waals surface area (Å²) in [6.45, 7) is 3.55. The Hall–Kier alpha value is -3.00. The third kappa shape index (κ3) is 5.49. The summed E-state index contributed by atoms with van der Waals surface area (Å²) in [5.41, 5.74) is 1.12. The van der Waals surface area contributed by atoms with E-state index in [0.29, 0.717) is 0 Å². The van der Waals surface area contributed by atoms with Gasteiger partial charge in [-0.2, -0.15) is 0 Å². The fourth-order valence-corrected chi connectivity index (χ4v) is 2.71. The molecule has 1 aromatic heterocycles. The van der Waals surface area contributed by atoms with Crippen LogP contribution in [0.2, 0.25) is 0 Å². The third-order valence-electron chi connectivity index (χ3n) is 4.35. The minimum atomic E-state index is -0.499. The molecule has 0 aliphatic carbocycles. The molecule has 1 aliphatic rings. The van der Waals surface area contributed by atoms with Crippen LogP contribution in [0.5, 0.6) is 0 Å². The molecule has 3 rings (SSSR count). The molecule has 1 saturated heterocycles. The minimum Gasteiger partial charge on any atom is -0.460 e. The van der Waals surface area contributed by atoms with Crippen LogP contribution in [-0.2, 0) is 16.1 Å². The van der Waals surface area contributed by atoms with Crippen LogP contribution in [0.3, 0.4) is 0 Å². The second-order valence-electron chi connectivity index (χ2n) is 6.38. The van der Waals surface area contributed by atoms with E-state index in [2.05, 4.69) is 32.1 Å². The van der Waals surface area contributed by atoms with Crippen LogP contribution in [0.4, 0.5) is 5.82 Å². The number of anilines is 1. The van der Waals surface area contributed by atoms with Gasteiger partial charge in [-0.3, -0.25) is 9.59 Å². The zero-order valence-electron chi connectivity index (χ0n) is 15.3. The van der Waals surface area contributed by atoms with Crippen molar-refractivity contribution in [1.82, 2.24) is 20.2 Å². The summed E-state index contributed by atoms with van der Waals surface area (Å²) in [4.78, 5) is 36.7. The van der Waals surface area contributed by atoms with Crippen LogP contribution in [0.15, 0.2) is 42.7 Å². The van der Waals surface area contributed by atoms with E-state index in [-0.39, 0.29) is 18.8 Å². The van der Waals surface area contributed by atoms with Crippen LogP contribution in [0.1, 0.15) is 16.1 Å². The summed E-state index contributed by atoms with van der Waals surface area (Å²) < 4.78 is 5.14. The average Bonchev–Trinajstić information content (AvgIpc) is 2.72. The van der Waals surface area contributed by atoms with Crippen LogP contribution >= 0.6 is 0 Å². The van der Waals surface area contributed by atoms with Crippen molar-refractivity contribution >= 4 is 17.7 Å². The van der Waals surface area contributed by atoms with Gasteiger partial charge < -0.3 is 19.9 Å². The number of hydrogen-bond donors (Lipinski definition) is 1. The largest absolute Gasteiger partial charge is 0.460 e. The Bertz CT molecular complexity index is 776. The molecule has 0 atom stereocenters. The fraction of sp³-hybridized carbons (Fsp3) is 0.368. The Labute approximate surface area is 158 Å². The summed E-state index contributed by atoms with van der Waals surface area (Å²) in [5, 5.41) is 2.54. The molecule has 1 N–H and O–H groups in total. The van der Waals surface area contributed by atoms with Gasteiger partial charge in [-0.1, -0.05) is 30.3 Å². The first-order chi connectivity index (χ1) is 13.1. The molecular weight excluding hydrogens is 346 g/mol. The number of hydrogen-bond acceptors (Lipinski definition) is 7.